The van der Waals surface area contributed by atoms with Crippen molar-refractivity contribution in [3.63, 3.8) is 0 Å². The second-order valence-corrected chi connectivity index (χ2v) is 4.02. The number of para-hydroxylation sites is 1. The standard InChI is InChI=1S/C12H18N4O/c1-15(16-9-7-13-8-10-16)12(17)14-11-5-3-2-4-6-11/h2-6,13H,7-10H2,1H3,(H,14,17). The number of nitrogens with zero attached hydrogens (tertiary/aromatic N) is 2. The van der Waals surface area contributed by atoms with Crippen molar-refractivity contribution in [3.8, 4) is 0 Å². The van der Waals surface area contributed by atoms with Crippen molar-refractivity contribution in [2.45, 2.75) is 0 Å². The summed E-state index contributed by atoms with van der Waals surface area (Å²) in [6, 6.07) is 9.39. The topological polar surface area (TPSA) is 47.6 Å². The lowest BCUT2D eigenvalue weighted by molar-refractivity contribution is 0.0312. The number of carbonyl (C=O) groups excluding carboxylic acids is 1. The van der Waals surface area contributed by atoms with Crippen LogP contribution in [-0.4, -0.2) is 49.3 Å². The van der Waals surface area contributed by atoms with Crippen molar-refractivity contribution in [1.82, 2.24) is 15.3 Å². The minimum atomic E-state index is -0.0990. The molecule has 0 aromatic heterocycles. The molecule has 0 spiro atoms. The highest BCUT2D eigenvalue weighted by atomic mass is 16.2. The van der Waals surface area contributed by atoms with Gasteiger partial charge in [-0.25, -0.2) is 9.80 Å². The molecule has 2 N–H and O–H groups in total. The van der Waals surface area contributed by atoms with Crippen LogP contribution in [0.5, 0.6) is 0 Å². The number of carbonyl (C=O) groups is 1. The summed E-state index contributed by atoms with van der Waals surface area (Å²) in [6.07, 6.45) is 0. The van der Waals surface area contributed by atoms with Crippen molar-refractivity contribution in [3.05, 3.63) is 30.3 Å². The third-order valence-electron chi connectivity index (χ3n) is 2.84. The van der Waals surface area contributed by atoms with Gasteiger partial charge in [0.15, 0.2) is 0 Å². The smallest absolute Gasteiger partial charge is 0.314 e. The summed E-state index contributed by atoms with van der Waals surface area (Å²) in [4.78, 5) is 12.0. The van der Waals surface area contributed by atoms with Gasteiger partial charge in [-0.05, 0) is 12.1 Å². The summed E-state index contributed by atoms with van der Waals surface area (Å²) in [5.74, 6) is 0. The van der Waals surface area contributed by atoms with E-state index in [1.165, 1.54) is 0 Å². The van der Waals surface area contributed by atoms with Crippen LogP contribution in [0.3, 0.4) is 0 Å². The Morgan fingerprint density at radius 1 is 1.29 bits per heavy atom. The molecule has 0 atom stereocenters. The predicted molar refractivity (Wildman–Crippen MR) is 67.7 cm³/mol. The van der Waals surface area contributed by atoms with Crippen LogP contribution in [0.15, 0.2) is 30.3 Å². The maximum atomic E-state index is 12.0. The van der Waals surface area contributed by atoms with E-state index in [4.69, 9.17) is 0 Å². The molecule has 1 aliphatic rings. The predicted octanol–water partition coefficient (Wildman–Crippen LogP) is 0.970. The van der Waals surface area contributed by atoms with Gasteiger partial charge in [0, 0.05) is 38.9 Å². The van der Waals surface area contributed by atoms with E-state index in [9.17, 15) is 4.79 Å². The molecular weight excluding hydrogens is 216 g/mol. The number of rotatable bonds is 2. The average molecular weight is 234 g/mol. The molecule has 0 saturated carbocycles. The summed E-state index contributed by atoms with van der Waals surface area (Å²) in [6.45, 7) is 3.56. The quantitative estimate of drug-likeness (QED) is 0.801. The summed E-state index contributed by atoms with van der Waals surface area (Å²) >= 11 is 0. The van der Waals surface area contributed by atoms with E-state index in [1.807, 2.05) is 35.3 Å². The Morgan fingerprint density at radius 2 is 1.94 bits per heavy atom. The maximum Gasteiger partial charge on any atom is 0.336 e. The molecule has 92 valence electrons. The minimum Gasteiger partial charge on any atom is -0.314 e. The average Bonchev–Trinajstić information content (AvgIpc) is 2.40. The van der Waals surface area contributed by atoms with Gasteiger partial charge in [0.1, 0.15) is 0 Å². The van der Waals surface area contributed by atoms with Gasteiger partial charge < -0.3 is 10.6 Å². The molecule has 2 amide bonds. The molecule has 1 aromatic rings. The summed E-state index contributed by atoms with van der Waals surface area (Å²) in [5.41, 5.74) is 0.819. The van der Waals surface area contributed by atoms with E-state index >= 15 is 0 Å². The molecule has 0 aliphatic carbocycles. The van der Waals surface area contributed by atoms with Crippen molar-refractivity contribution < 1.29 is 4.79 Å². The van der Waals surface area contributed by atoms with E-state index in [1.54, 1.807) is 12.1 Å². The molecule has 17 heavy (non-hydrogen) atoms. The van der Waals surface area contributed by atoms with E-state index < -0.39 is 0 Å². The number of piperazine rings is 1. The number of anilines is 1. The molecule has 1 fully saturated rings. The zero-order chi connectivity index (χ0) is 12.1. The first-order chi connectivity index (χ1) is 8.27. The highest BCUT2D eigenvalue weighted by molar-refractivity contribution is 5.88. The number of nitrogens with one attached hydrogen (secondary N) is 2. The van der Waals surface area contributed by atoms with Gasteiger partial charge in [-0.2, -0.15) is 0 Å². The van der Waals surface area contributed by atoms with Crippen LogP contribution in [0.1, 0.15) is 0 Å². The third kappa shape index (κ3) is 3.18. The van der Waals surface area contributed by atoms with Gasteiger partial charge in [-0.3, -0.25) is 5.01 Å². The van der Waals surface area contributed by atoms with Gasteiger partial charge in [-0.15, -0.1) is 0 Å². The van der Waals surface area contributed by atoms with Crippen molar-refractivity contribution in [1.29, 1.82) is 0 Å². The molecular formula is C12H18N4O. The number of urea groups is 1. The van der Waals surface area contributed by atoms with Crippen LogP contribution in [0.2, 0.25) is 0 Å². The molecule has 0 radical (unpaired) electrons. The monoisotopic (exact) mass is 234 g/mol. The molecule has 0 unspecified atom stereocenters. The van der Waals surface area contributed by atoms with E-state index in [0.29, 0.717) is 0 Å². The third-order valence-corrected chi connectivity index (χ3v) is 2.84. The van der Waals surface area contributed by atoms with Gasteiger partial charge in [-0.1, -0.05) is 18.2 Å². The van der Waals surface area contributed by atoms with Crippen LogP contribution in [0, 0.1) is 0 Å². The normalized spacial score (nSPS) is 16.5. The summed E-state index contributed by atoms with van der Waals surface area (Å²) < 4.78 is 0. The zero-order valence-corrected chi connectivity index (χ0v) is 10.0. The molecule has 0 bridgehead atoms. The Morgan fingerprint density at radius 3 is 2.59 bits per heavy atom. The van der Waals surface area contributed by atoms with Crippen LogP contribution >= 0.6 is 0 Å². The SMILES string of the molecule is CN(C(=O)Nc1ccccc1)N1CCNCC1. The Bertz CT molecular complexity index is 362. The molecule has 1 aromatic carbocycles. The lowest BCUT2D eigenvalue weighted by Gasteiger charge is -2.34. The lowest BCUT2D eigenvalue weighted by Crippen LogP contribution is -2.53. The number of hydrogen-bond acceptors (Lipinski definition) is 3. The first kappa shape index (κ1) is 11.9. The first-order valence-corrected chi connectivity index (χ1v) is 5.83. The minimum absolute atomic E-state index is 0.0990. The van der Waals surface area contributed by atoms with Gasteiger partial charge in [0.05, 0.1) is 0 Å². The fourth-order valence-electron chi connectivity index (χ4n) is 1.81. The number of benzene rings is 1. The van der Waals surface area contributed by atoms with Crippen LogP contribution in [-0.2, 0) is 0 Å². The summed E-state index contributed by atoms with van der Waals surface area (Å²) in [7, 11) is 1.80. The van der Waals surface area contributed by atoms with Crippen molar-refractivity contribution >= 4 is 11.7 Å². The number of hydrogen-bond donors (Lipinski definition) is 2. The van der Waals surface area contributed by atoms with Gasteiger partial charge in [0.25, 0.3) is 0 Å². The fourth-order valence-corrected chi connectivity index (χ4v) is 1.81. The van der Waals surface area contributed by atoms with E-state index in [0.717, 1.165) is 31.9 Å². The zero-order valence-electron chi connectivity index (χ0n) is 10.0. The van der Waals surface area contributed by atoms with Crippen LogP contribution < -0.4 is 10.6 Å². The van der Waals surface area contributed by atoms with Crippen molar-refractivity contribution in [2.24, 2.45) is 0 Å². The molecule has 2 rings (SSSR count). The van der Waals surface area contributed by atoms with E-state index in [-0.39, 0.29) is 6.03 Å². The Hall–Kier alpha value is -1.59. The number of amides is 2. The summed E-state index contributed by atoms with van der Waals surface area (Å²) in [5, 5.41) is 9.81. The van der Waals surface area contributed by atoms with Gasteiger partial charge >= 0.3 is 6.03 Å². The van der Waals surface area contributed by atoms with E-state index in [2.05, 4.69) is 10.6 Å². The van der Waals surface area contributed by atoms with Gasteiger partial charge in [0.2, 0.25) is 0 Å². The number of hydrazine groups is 1. The molecule has 5 nitrogen and oxygen atoms in total. The van der Waals surface area contributed by atoms with Crippen LogP contribution in [0.4, 0.5) is 10.5 Å². The Balaban J connectivity index is 1.90. The molecule has 1 aliphatic heterocycles. The highest BCUT2D eigenvalue weighted by Crippen LogP contribution is 2.07. The lowest BCUT2D eigenvalue weighted by atomic mass is 10.3. The molecule has 1 heterocycles. The Kier molecular flexibility index (Phi) is 3.95. The Labute approximate surface area is 101 Å². The largest absolute Gasteiger partial charge is 0.336 e. The fraction of sp³-hybridized carbons (Fsp3) is 0.417. The molecule has 5 heteroatoms. The van der Waals surface area contributed by atoms with Crippen molar-refractivity contribution in [2.75, 3.05) is 38.5 Å². The maximum absolute atomic E-state index is 12.0. The van der Waals surface area contributed by atoms with Crippen LogP contribution in [0.25, 0.3) is 0 Å². The molecule has 1 saturated heterocycles. The first-order valence-electron chi connectivity index (χ1n) is 5.83. The second kappa shape index (κ2) is 5.65. The highest BCUT2D eigenvalue weighted by Gasteiger charge is 2.18. The second-order valence-electron chi connectivity index (χ2n) is 4.02.